The Balaban J connectivity index is 1.83. The molecule has 1 aliphatic rings. The molecule has 2 amide bonds. The molecule has 22 heavy (non-hydrogen) atoms. The van der Waals surface area contributed by atoms with Crippen LogP contribution in [0.25, 0.3) is 6.08 Å². The monoisotopic (exact) mass is 322 g/mol. The van der Waals surface area contributed by atoms with Gasteiger partial charge in [0, 0.05) is 12.6 Å². The van der Waals surface area contributed by atoms with Crippen LogP contribution in [0.2, 0.25) is 0 Å². The molecule has 1 aliphatic heterocycles. The second-order valence-electron chi connectivity index (χ2n) is 5.00. The van der Waals surface area contributed by atoms with Crippen molar-refractivity contribution in [2.75, 3.05) is 13.2 Å². The van der Waals surface area contributed by atoms with E-state index in [1.165, 1.54) is 22.3 Å². The van der Waals surface area contributed by atoms with Gasteiger partial charge in [0.15, 0.2) is 6.61 Å². The fourth-order valence-corrected chi connectivity index (χ4v) is 2.95. The van der Waals surface area contributed by atoms with Crippen molar-refractivity contribution in [3.63, 3.8) is 0 Å². The van der Waals surface area contributed by atoms with Gasteiger partial charge in [-0.05, 0) is 47.7 Å². The van der Waals surface area contributed by atoms with Crippen molar-refractivity contribution in [2.45, 2.75) is 25.3 Å². The number of amides is 2. The maximum atomic E-state index is 12.1. The Bertz CT molecular complexity index is 568. The first-order valence-electron chi connectivity index (χ1n) is 7.04. The smallest absolute Gasteiger partial charge is 0.331 e. The third-order valence-electron chi connectivity index (χ3n) is 3.44. The minimum atomic E-state index is -0.596. The van der Waals surface area contributed by atoms with Gasteiger partial charge in [-0.3, -0.25) is 9.59 Å². The fraction of sp³-hybridized carbons (Fsp3) is 0.400. The molecule has 1 aromatic heterocycles. The summed E-state index contributed by atoms with van der Waals surface area (Å²) in [4.78, 5) is 36.4. The molecule has 1 atom stereocenters. The summed E-state index contributed by atoms with van der Waals surface area (Å²) in [5.41, 5.74) is 6.20. The van der Waals surface area contributed by atoms with Gasteiger partial charge in [0.2, 0.25) is 5.91 Å². The van der Waals surface area contributed by atoms with Gasteiger partial charge in [0.25, 0.3) is 5.91 Å². The molecule has 2 heterocycles. The summed E-state index contributed by atoms with van der Waals surface area (Å²) in [6.45, 7) is 0.0886. The second-order valence-corrected chi connectivity index (χ2v) is 5.78. The largest absolute Gasteiger partial charge is 0.452 e. The van der Waals surface area contributed by atoms with E-state index in [4.69, 9.17) is 10.5 Å². The number of likely N-dealkylation sites (tertiary alicyclic amines) is 1. The van der Waals surface area contributed by atoms with E-state index in [9.17, 15) is 14.4 Å². The van der Waals surface area contributed by atoms with E-state index in [-0.39, 0.29) is 12.5 Å². The van der Waals surface area contributed by atoms with Gasteiger partial charge in [-0.2, -0.15) is 11.3 Å². The van der Waals surface area contributed by atoms with E-state index < -0.39 is 17.9 Å². The molecule has 2 rings (SSSR count). The van der Waals surface area contributed by atoms with Crippen molar-refractivity contribution in [3.05, 3.63) is 28.5 Å². The van der Waals surface area contributed by atoms with Crippen molar-refractivity contribution < 1.29 is 19.1 Å². The van der Waals surface area contributed by atoms with Crippen molar-refractivity contribution in [1.29, 1.82) is 0 Å². The molecule has 1 fully saturated rings. The molecular formula is C15H18N2O4S. The van der Waals surface area contributed by atoms with Crippen LogP contribution in [-0.4, -0.2) is 41.9 Å². The topological polar surface area (TPSA) is 89.7 Å². The minimum absolute atomic E-state index is 0.378. The summed E-state index contributed by atoms with van der Waals surface area (Å²) in [7, 11) is 0. The molecule has 0 aliphatic carbocycles. The molecule has 0 aromatic carbocycles. The average molecular weight is 322 g/mol. The number of piperidine rings is 1. The van der Waals surface area contributed by atoms with Gasteiger partial charge in [-0.1, -0.05) is 0 Å². The van der Waals surface area contributed by atoms with Crippen molar-refractivity contribution >= 4 is 35.2 Å². The highest BCUT2D eigenvalue weighted by atomic mass is 32.1. The van der Waals surface area contributed by atoms with Crippen LogP contribution in [0.4, 0.5) is 0 Å². The number of esters is 1. The maximum Gasteiger partial charge on any atom is 0.331 e. The summed E-state index contributed by atoms with van der Waals surface area (Å²) in [6.07, 6.45) is 5.14. The van der Waals surface area contributed by atoms with E-state index in [1.54, 1.807) is 6.08 Å². The quantitative estimate of drug-likeness (QED) is 0.651. The zero-order valence-corrected chi connectivity index (χ0v) is 12.9. The molecule has 1 saturated heterocycles. The lowest BCUT2D eigenvalue weighted by atomic mass is 10.0. The van der Waals surface area contributed by atoms with Crippen LogP contribution in [0, 0.1) is 0 Å². The number of nitrogens with two attached hydrogens (primary N) is 1. The number of hydrogen-bond acceptors (Lipinski definition) is 5. The number of ether oxygens (including phenoxy) is 1. The average Bonchev–Trinajstić information content (AvgIpc) is 3.04. The number of rotatable bonds is 5. The number of nitrogens with zero attached hydrogens (tertiary/aromatic N) is 1. The van der Waals surface area contributed by atoms with Gasteiger partial charge in [-0.25, -0.2) is 4.79 Å². The number of primary amides is 1. The van der Waals surface area contributed by atoms with Crippen LogP contribution in [0.15, 0.2) is 22.9 Å². The highest BCUT2D eigenvalue weighted by Crippen LogP contribution is 2.17. The Hall–Kier alpha value is -2.15. The van der Waals surface area contributed by atoms with Crippen LogP contribution < -0.4 is 5.73 Å². The Labute approximate surface area is 132 Å². The SMILES string of the molecule is NC(=O)[C@H]1CCCCN1C(=O)COC(=O)/C=C/c1ccsc1. The predicted octanol–water partition coefficient (Wildman–Crippen LogP) is 1.17. The zero-order chi connectivity index (χ0) is 15.9. The first-order valence-corrected chi connectivity index (χ1v) is 7.98. The van der Waals surface area contributed by atoms with Gasteiger partial charge < -0.3 is 15.4 Å². The summed E-state index contributed by atoms with van der Waals surface area (Å²) in [5, 5.41) is 3.79. The fourth-order valence-electron chi connectivity index (χ4n) is 2.32. The number of carbonyl (C=O) groups excluding carboxylic acids is 3. The Morgan fingerprint density at radius 1 is 1.41 bits per heavy atom. The first-order chi connectivity index (χ1) is 10.6. The summed E-state index contributed by atoms with van der Waals surface area (Å²) < 4.78 is 4.92. The molecule has 0 saturated carbocycles. The van der Waals surface area contributed by atoms with E-state index in [1.807, 2.05) is 16.8 Å². The summed E-state index contributed by atoms with van der Waals surface area (Å²) in [6, 6.07) is 1.27. The molecule has 2 N–H and O–H groups in total. The van der Waals surface area contributed by atoms with Gasteiger partial charge >= 0.3 is 5.97 Å². The summed E-state index contributed by atoms with van der Waals surface area (Å²) >= 11 is 1.52. The molecule has 6 nitrogen and oxygen atoms in total. The van der Waals surface area contributed by atoms with Crippen LogP contribution in [0.5, 0.6) is 0 Å². The van der Waals surface area contributed by atoms with E-state index in [2.05, 4.69) is 0 Å². The normalized spacial score (nSPS) is 18.4. The number of carbonyl (C=O) groups is 3. The Morgan fingerprint density at radius 3 is 2.91 bits per heavy atom. The van der Waals surface area contributed by atoms with E-state index in [0.29, 0.717) is 13.0 Å². The minimum Gasteiger partial charge on any atom is -0.452 e. The van der Waals surface area contributed by atoms with E-state index in [0.717, 1.165) is 18.4 Å². The Morgan fingerprint density at radius 2 is 2.23 bits per heavy atom. The van der Waals surface area contributed by atoms with Crippen molar-refractivity contribution in [1.82, 2.24) is 4.90 Å². The molecule has 0 unspecified atom stereocenters. The van der Waals surface area contributed by atoms with Crippen molar-refractivity contribution in [2.24, 2.45) is 5.73 Å². The third kappa shape index (κ3) is 4.42. The molecule has 7 heteroatoms. The standard InChI is InChI=1S/C15H18N2O4S/c16-15(20)12-3-1-2-7-17(12)13(18)9-21-14(19)5-4-11-6-8-22-10-11/h4-6,8,10,12H,1-3,7,9H2,(H2,16,20)/b5-4+/t12-/m1/s1. The lowest BCUT2D eigenvalue weighted by Gasteiger charge is -2.33. The number of hydrogen-bond donors (Lipinski definition) is 1. The van der Waals surface area contributed by atoms with Crippen molar-refractivity contribution in [3.8, 4) is 0 Å². The maximum absolute atomic E-state index is 12.1. The molecule has 0 bridgehead atoms. The lowest BCUT2D eigenvalue weighted by molar-refractivity contribution is -0.151. The van der Waals surface area contributed by atoms with Crippen LogP contribution >= 0.6 is 11.3 Å². The molecule has 1 aromatic rings. The van der Waals surface area contributed by atoms with Gasteiger partial charge in [0.1, 0.15) is 6.04 Å². The van der Waals surface area contributed by atoms with Gasteiger partial charge in [0.05, 0.1) is 0 Å². The molecule has 0 spiro atoms. The lowest BCUT2D eigenvalue weighted by Crippen LogP contribution is -2.51. The third-order valence-corrected chi connectivity index (χ3v) is 4.15. The Kier molecular flexibility index (Phi) is 5.71. The van der Waals surface area contributed by atoms with Gasteiger partial charge in [-0.15, -0.1) is 0 Å². The first kappa shape index (κ1) is 16.2. The highest BCUT2D eigenvalue weighted by Gasteiger charge is 2.30. The molecular weight excluding hydrogens is 304 g/mol. The predicted molar refractivity (Wildman–Crippen MR) is 82.9 cm³/mol. The molecule has 0 radical (unpaired) electrons. The highest BCUT2D eigenvalue weighted by molar-refractivity contribution is 7.08. The number of thiophene rings is 1. The summed E-state index contributed by atoms with van der Waals surface area (Å²) in [5.74, 6) is -1.50. The zero-order valence-electron chi connectivity index (χ0n) is 12.1. The molecule has 118 valence electrons. The van der Waals surface area contributed by atoms with Crippen LogP contribution in [-0.2, 0) is 19.1 Å². The van der Waals surface area contributed by atoms with E-state index >= 15 is 0 Å². The van der Waals surface area contributed by atoms with Crippen LogP contribution in [0.3, 0.4) is 0 Å². The second kappa shape index (κ2) is 7.74. The van der Waals surface area contributed by atoms with Crippen LogP contribution in [0.1, 0.15) is 24.8 Å².